The monoisotopic (exact) mass is 531 g/mol. The lowest BCUT2D eigenvalue weighted by Crippen LogP contribution is -2.52. The molecule has 218 valence electrons. The molecule has 0 fully saturated rings. The zero-order valence-corrected chi connectivity index (χ0v) is 24.3. The van der Waals surface area contributed by atoms with Crippen molar-refractivity contribution in [2.24, 2.45) is 16.7 Å². The minimum absolute atomic E-state index is 0.0101. The summed E-state index contributed by atoms with van der Waals surface area (Å²) in [5.41, 5.74) is -1.31. The Morgan fingerprint density at radius 2 is 1.62 bits per heavy atom. The van der Waals surface area contributed by atoms with Crippen molar-refractivity contribution in [2.75, 3.05) is 6.61 Å². The first kappa shape index (κ1) is 33.8. The Morgan fingerprint density at radius 1 is 1.03 bits per heavy atom. The van der Waals surface area contributed by atoms with Crippen LogP contribution in [-0.4, -0.2) is 86.5 Å². The summed E-state index contributed by atoms with van der Waals surface area (Å²) in [6, 6.07) is -0.964. The summed E-state index contributed by atoms with van der Waals surface area (Å²) in [5, 5.41) is 55.1. The first-order valence-electron chi connectivity index (χ1n) is 13.4. The van der Waals surface area contributed by atoms with Crippen molar-refractivity contribution < 1.29 is 39.8 Å². The van der Waals surface area contributed by atoms with E-state index in [1.165, 1.54) is 0 Å². The maximum absolute atomic E-state index is 12.9. The summed E-state index contributed by atoms with van der Waals surface area (Å²) in [6.45, 7) is 17.6. The van der Waals surface area contributed by atoms with Crippen LogP contribution in [0.15, 0.2) is 12.2 Å². The third-order valence-corrected chi connectivity index (χ3v) is 6.65. The van der Waals surface area contributed by atoms with Crippen LogP contribution in [-0.2, 0) is 9.47 Å². The molecule has 0 aromatic carbocycles. The van der Waals surface area contributed by atoms with E-state index in [0.717, 1.165) is 6.42 Å². The Morgan fingerprint density at radius 3 is 2.16 bits per heavy atom. The molecule has 7 atom stereocenters. The molecule has 0 saturated heterocycles. The number of hydrogen-bond acceptors (Lipinski definition) is 8. The average molecular weight is 532 g/mol. The predicted octanol–water partition coefficient (Wildman–Crippen LogP) is 2.91. The molecule has 1 aliphatic carbocycles. The molecule has 37 heavy (non-hydrogen) atoms. The molecule has 0 spiro atoms. The topological polar surface area (TPSA) is 149 Å². The highest BCUT2D eigenvalue weighted by molar-refractivity contribution is 5.68. The molecule has 0 heterocycles. The maximum atomic E-state index is 12.9. The van der Waals surface area contributed by atoms with Gasteiger partial charge in [0.2, 0.25) is 0 Å². The lowest BCUT2D eigenvalue weighted by molar-refractivity contribution is -0.112. The van der Waals surface area contributed by atoms with E-state index >= 15 is 0 Å². The summed E-state index contributed by atoms with van der Waals surface area (Å²) in [5.74, 6) is 0.351. The van der Waals surface area contributed by atoms with Crippen molar-refractivity contribution >= 4 is 6.09 Å². The molecule has 9 nitrogen and oxygen atoms in total. The molecular weight excluding hydrogens is 478 g/mol. The molecule has 1 aliphatic rings. The quantitative estimate of drug-likeness (QED) is 0.211. The fraction of sp³-hybridized carbons (Fsp3) is 0.893. The Hall–Kier alpha value is -1.23. The van der Waals surface area contributed by atoms with Gasteiger partial charge in [-0.3, -0.25) is 0 Å². The summed E-state index contributed by atoms with van der Waals surface area (Å²) in [6.07, 6.45) is -2.98. The SMILES string of the molecule is CC(C)CC(C)(C)C(O)CC(O)C(COC1C=CCC(O)C(O)C1O)NC(=O)OC(C)(C)CC(C)(C)C. The van der Waals surface area contributed by atoms with Gasteiger partial charge in [-0.25, -0.2) is 4.79 Å². The van der Waals surface area contributed by atoms with Gasteiger partial charge in [-0.05, 0) is 49.9 Å². The summed E-state index contributed by atoms with van der Waals surface area (Å²) < 4.78 is 11.5. The first-order chi connectivity index (χ1) is 16.7. The van der Waals surface area contributed by atoms with Crippen LogP contribution in [0.2, 0.25) is 0 Å². The largest absolute Gasteiger partial charge is 0.444 e. The Balaban J connectivity index is 3.01. The van der Waals surface area contributed by atoms with Crippen LogP contribution in [0.1, 0.15) is 88.0 Å². The molecule has 0 saturated carbocycles. The number of alkyl carbamates (subject to hydrolysis) is 1. The van der Waals surface area contributed by atoms with Gasteiger partial charge in [0, 0.05) is 6.42 Å². The van der Waals surface area contributed by atoms with Crippen molar-refractivity contribution in [1.29, 1.82) is 0 Å². The number of amides is 1. The normalized spacial score (nSPS) is 25.9. The number of carbonyl (C=O) groups excluding carboxylic acids is 1. The van der Waals surface area contributed by atoms with Gasteiger partial charge in [0.25, 0.3) is 0 Å². The summed E-state index contributed by atoms with van der Waals surface area (Å²) in [4.78, 5) is 12.9. The molecule has 7 unspecified atom stereocenters. The van der Waals surface area contributed by atoms with Gasteiger partial charge in [-0.2, -0.15) is 0 Å². The zero-order valence-electron chi connectivity index (χ0n) is 24.3. The molecule has 0 aromatic heterocycles. The third kappa shape index (κ3) is 12.0. The lowest BCUT2D eigenvalue weighted by atomic mass is 9.77. The van der Waals surface area contributed by atoms with Crippen molar-refractivity contribution in [3.63, 3.8) is 0 Å². The number of aliphatic hydroxyl groups is 5. The molecule has 6 N–H and O–H groups in total. The minimum atomic E-state index is -1.40. The van der Waals surface area contributed by atoms with Gasteiger partial charge in [0.15, 0.2) is 0 Å². The second-order valence-electron chi connectivity index (χ2n) is 13.6. The van der Waals surface area contributed by atoms with Crippen LogP contribution in [0.5, 0.6) is 0 Å². The van der Waals surface area contributed by atoms with E-state index in [4.69, 9.17) is 9.47 Å². The number of rotatable bonds is 12. The standard InChI is InChI=1S/C28H53NO8/c1-17(2)14-27(6,7)22(32)13-20(31)18(29-25(35)37-28(8,9)16-26(3,4)5)15-36-21-12-10-11-19(30)23(33)24(21)34/h10,12,17-24,30-34H,11,13-16H2,1-9H3,(H,29,35). The Bertz CT molecular complexity index is 730. The molecule has 0 aromatic rings. The fourth-order valence-corrected chi connectivity index (χ4v) is 5.29. The first-order valence-corrected chi connectivity index (χ1v) is 13.4. The predicted molar refractivity (Wildman–Crippen MR) is 143 cm³/mol. The van der Waals surface area contributed by atoms with E-state index in [9.17, 15) is 30.3 Å². The van der Waals surface area contributed by atoms with E-state index in [2.05, 4.69) is 19.2 Å². The van der Waals surface area contributed by atoms with Gasteiger partial charge in [0.1, 0.15) is 23.9 Å². The minimum Gasteiger partial charge on any atom is -0.444 e. The van der Waals surface area contributed by atoms with E-state index in [-0.39, 0.29) is 24.9 Å². The van der Waals surface area contributed by atoms with Crippen molar-refractivity contribution in [1.82, 2.24) is 5.32 Å². The molecule has 0 bridgehead atoms. The van der Waals surface area contributed by atoms with Crippen LogP contribution < -0.4 is 5.32 Å². The number of hydrogen-bond donors (Lipinski definition) is 6. The van der Waals surface area contributed by atoms with E-state index < -0.39 is 59.8 Å². The van der Waals surface area contributed by atoms with Crippen LogP contribution in [0, 0.1) is 16.7 Å². The number of nitrogens with one attached hydrogen (secondary N) is 1. The smallest absolute Gasteiger partial charge is 0.408 e. The van der Waals surface area contributed by atoms with E-state index in [1.807, 2.05) is 48.5 Å². The van der Waals surface area contributed by atoms with Crippen molar-refractivity contribution in [3.05, 3.63) is 12.2 Å². The van der Waals surface area contributed by atoms with Gasteiger partial charge in [-0.1, -0.05) is 60.6 Å². The highest BCUT2D eigenvalue weighted by atomic mass is 16.6. The molecular formula is C28H53NO8. The van der Waals surface area contributed by atoms with Crippen LogP contribution in [0.25, 0.3) is 0 Å². The van der Waals surface area contributed by atoms with Crippen molar-refractivity contribution in [3.8, 4) is 0 Å². The second-order valence-corrected chi connectivity index (χ2v) is 13.6. The van der Waals surface area contributed by atoms with Crippen LogP contribution in [0.4, 0.5) is 4.79 Å². The van der Waals surface area contributed by atoms with Crippen LogP contribution in [0.3, 0.4) is 0 Å². The lowest BCUT2D eigenvalue weighted by Gasteiger charge is -2.36. The van der Waals surface area contributed by atoms with Gasteiger partial charge in [0.05, 0.1) is 31.0 Å². The molecule has 1 rings (SSSR count). The summed E-state index contributed by atoms with van der Waals surface area (Å²) >= 11 is 0. The molecule has 0 aliphatic heterocycles. The van der Waals surface area contributed by atoms with Gasteiger partial charge >= 0.3 is 6.09 Å². The Kier molecular flexibility index (Phi) is 12.5. The number of ether oxygens (including phenoxy) is 2. The Labute approximate surface area is 223 Å². The summed E-state index contributed by atoms with van der Waals surface area (Å²) in [7, 11) is 0. The zero-order chi connectivity index (χ0) is 28.8. The van der Waals surface area contributed by atoms with Gasteiger partial charge in [-0.15, -0.1) is 0 Å². The van der Waals surface area contributed by atoms with Crippen LogP contribution >= 0.6 is 0 Å². The maximum Gasteiger partial charge on any atom is 0.408 e. The van der Waals surface area contributed by atoms with Gasteiger partial charge < -0.3 is 40.3 Å². The average Bonchev–Trinajstić information content (AvgIpc) is 2.81. The highest BCUT2D eigenvalue weighted by Gasteiger charge is 2.37. The highest BCUT2D eigenvalue weighted by Crippen LogP contribution is 2.32. The molecule has 9 heteroatoms. The fourth-order valence-electron chi connectivity index (χ4n) is 5.29. The third-order valence-electron chi connectivity index (χ3n) is 6.65. The van der Waals surface area contributed by atoms with E-state index in [1.54, 1.807) is 12.2 Å². The number of aliphatic hydroxyl groups excluding tert-OH is 5. The molecule has 1 amide bonds. The van der Waals surface area contributed by atoms with E-state index in [0.29, 0.717) is 12.3 Å². The second kappa shape index (κ2) is 13.7. The van der Waals surface area contributed by atoms with Crippen molar-refractivity contribution in [2.45, 2.75) is 136 Å². The number of carbonyl (C=O) groups is 1. The molecule has 0 radical (unpaired) electrons.